The van der Waals surface area contributed by atoms with E-state index in [9.17, 15) is 9.59 Å². The SMILES string of the molecule is CC(=O)NC(CSCc1nc(-c2cccs2)no1)C(=O)O. The van der Waals surface area contributed by atoms with Gasteiger partial charge in [-0.25, -0.2) is 4.79 Å². The molecule has 1 atom stereocenters. The number of carboxylic acid groups (broad SMARTS) is 1. The third kappa shape index (κ3) is 4.57. The molecule has 2 rings (SSSR count). The van der Waals surface area contributed by atoms with Crippen molar-refractivity contribution in [1.29, 1.82) is 0 Å². The van der Waals surface area contributed by atoms with Crippen LogP contribution in [0.1, 0.15) is 12.8 Å². The van der Waals surface area contributed by atoms with Crippen LogP contribution in [0.5, 0.6) is 0 Å². The highest BCUT2D eigenvalue weighted by Gasteiger charge is 2.19. The van der Waals surface area contributed by atoms with Crippen LogP contribution < -0.4 is 5.32 Å². The third-order valence-corrected chi connectivity index (χ3v) is 4.28. The van der Waals surface area contributed by atoms with Gasteiger partial charge in [0.2, 0.25) is 17.6 Å². The number of aromatic nitrogens is 2. The molecule has 0 aliphatic carbocycles. The van der Waals surface area contributed by atoms with Crippen LogP contribution in [-0.4, -0.2) is 38.9 Å². The molecule has 1 amide bonds. The lowest BCUT2D eigenvalue weighted by Crippen LogP contribution is -2.41. The molecule has 0 aliphatic heterocycles. The van der Waals surface area contributed by atoms with Gasteiger partial charge >= 0.3 is 5.97 Å². The lowest BCUT2D eigenvalue weighted by Gasteiger charge is -2.11. The van der Waals surface area contributed by atoms with Gasteiger partial charge in [-0.2, -0.15) is 4.98 Å². The standard InChI is InChI=1S/C12H13N3O4S2/c1-7(16)13-8(12(17)18)5-20-6-10-14-11(15-19-10)9-3-2-4-21-9/h2-4,8H,5-6H2,1H3,(H,13,16)(H,17,18). The van der Waals surface area contributed by atoms with Crippen molar-refractivity contribution in [3.8, 4) is 10.7 Å². The van der Waals surface area contributed by atoms with Gasteiger partial charge < -0.3 is 14.9 Å². The highest BCUT2D eigenvalue weighted by molar-refractivity contribution is 7.98. The number of nitrogens with one attached hydrogen (secondary N) is 1. The molecule has 2 N–H and O–H groups in total. The molecular weight excluding hydrogens is 314 g/mol. The summed E-state index contributed by atoms with van der Waals surface area (Å²) in [5.41, 5.74) is 0. The van der Waals surface area contributed by atoms with Crippen LogP contribution in [0, 0.1) is 0 Å². The van der Waals surface area contributed by atoms with Gasteiger partial charge in [-0.1, -0.05) is 11.2 Å². The summed E-state index contributed by atoms with van der Waals surface area (Å²) in [5, 5.41) is 17.1. The molecule has 0 bridgehead atoms. The molecule has 0 fully saturated rings. The Balaban J connectivity index is 1.85. The fourth-order valence-corrected chi connectivity index (χ4v) is 3.02. The molecule has 0 aromatic carbocycles. The van der Waals surface area contributed by atoms with Gasteiger partial charge in [0.1, 0.15) is 6.04 Å². The average molecular weight is 327 g/mol. The number of amides is 1. The number of hydrogen-bond acceptors (Lipinski definition) is 7. The average Bonchev–Trinajstić information content (AvgIpc) is 3.07. The Morgan fingerprint density at radius 1 is 1.57 bits per heavy atom. The summed E-state index contributed by atoms with van der Waals surface area (Å²) >= 11 is 2.82. The van der Waals surface area contributed by atoms with Gasteiger partial charge in [0.05, 0.1) is 10.6 Å². The van der Waals surface area contributed by atoms with Gasteiger partial charge in [-0.3, -0.25) is 4.79 Å². The molecular formula is C12H13N3O4S2. The fraction of sp³-hybridized carbons (Fsp3) is 0.333. The summed E-state index contributed by atoms with van der Waals surface area (Å²) in [6.45, 7) is 1.28. The van der Waals surface area contributed by atoms with Crippen molar-refractivity contribution in [2.45, 2.75) is 18.7 Å². The van der Waals surface area contributed by atoms with Crippen molar-refractivity contribution < 1.29 is 19.2 Å². The second-order valence-electron chi connectivity index (χ2n) is 4.10. The molecule has 0 radical (unpaired) electrons. The summed E-state index contributed by atoms with van der Waals surface area (Å²) in [6.07, 6.45) is 0. The minimum absolute atomic E-state index is 0.228. The van der Waals surface area contributed by atoms with Crippen molar-refractivity contribution in [2.24, 2.45) is 0 Å². The zero-order valence-corrected chi connectivity index (χ0v) is 12.7. The van der Waals surface area contributed by atoms with E-state index in [4.69, 9.17) is 9.63 Å². The monoisotopic (exact) mass is 327 g/mol. The van der Waals surface area contributed by atoms with Crippen molar-refractivity contribution >= 4 is 35.0 Å². The van der Waals surface area contributed by atoms with E-state index in [-0.39, 0.29) is 11.7 Å². The highest BCUT2D eigenvalue weighted by atomic mass is 32.2. The topological polar surface area (TPSA) is 105 Å². The summed E-state index contributed by atoms with van der Waals surface area (Å²) in [7, 11) is 0. The fourth-order valence-electron chi connectivity index (χ4n) is 1.50. The summed E-state index contributed by atoms with van der Waals surface area (Å²) in [6, 6.07) is 2.87. The lowest BCUT2D eigenvalue weighted by molar-refractivity contribution is -0.140. The lowest BCUT2D eigenvalue weighted by atomic mass is 10.3. The Morgan fingerprint density at radius 3 is 3.00 bits per heavy atom. The second kappa shape index (κ2) is 7.23. The zero-order valence-electron chi connectivity index (χ0n) is 11.1. The maximum Gasteiger partial charge on any atom is 0.327 e. The van der Waals surface area contributed by atoms with Crippen LogP contribution in [0.2, 0.25) is 0 Å². The van der Waals surface area contributed by atoms with Gasteiger partial charge in [0.25, 0.3) is 0 Å². The van der Waals surface area contributed by atoms with Crippen LogP contribution in [0.3, 0.4) is 0 Å². The normalized spacial score (nSPS) is 12.0. The second-order valence-corrected chi connectivity index (χ2v) is 6.07. The van der Waals surface area contributed by atoms with Gasteiger partial charge in [-0.15, -0.1) is 23.1 Å². The van der Waals surface area contributed by atoms with Crippen molar-refractivity contribution in [3.05, 3.63) is 23.4 Å². The molecule has 0 saturated carbocycles. The number of thioether (sulfide) groups is 1. The molecule has 21 heavy (non-hydrogen) atoms. The summed E-state index contributed by atoms with van der Waals surface area (Å²) in [4.78, 5) is 27.0. The Labute approximate surface area is 128 Å². The first-order chi connectivity index (χ1) is 10.1. The molecule has 0 aliphatic rings. The molecule has 112 valence electrons. The Morgan fingerprint density at radius 2 is 2.38 bits per heavy atom. The molecule has 0 saturated heterocycles. The van der Waals surface area contributed by atoms with E-state index in [0.717, 1.165) is 4.88 Å². The van der Waals surface area contributed by atoms with E-state index in [1.807, 2.05) is 17.5 Å². The number of aliphatic carboxylic acids is 1. The molecule has 2 aromatic heterocycles. The van der Waals surface area contributed by atoms with E-state index in [1.165, 1.54) is 30.0 Å². The maximum atomic E-state index is 11.0. The van der Waals surface area contributed by atoms with E-state index >= 15 is 0 Å². The van der Waals surface area contributed by atoms with Gasteiger partial charge in [0.15, 0.2) is 0 Å². The Kier molecular flexibility index (Phi) is 5.34. The predicted octanol–water partition coefficient (Wildman–Crippen LogP) is 1.62. The third-order valence-electron chi connectivity index (χ3n) is 2.40. The minimum atomic E-state index is -1.07. The molecule has 1 unspecified atom stereocenters. The zero-order chi connectivity index (χ0) is 15.2. The molecule has 9 heteroatoms. The summed E-state index contributed by atoms with van der Waals surface area (Å²) < 4.78 is 5.10. The molecule has 2 heterocycles. The number of carbonyl (C=O) groups excluding carboxylic acids is 1. The number of hydrogen-bond donors (Lipinski definition) is 2. The Hall–Kier alpha value is -1.87. The van der Waals surface area contributed by atoms with Crippen LogP contribution >= 0.6 is 23.1 Å². The largest absolute Gasteiger partial charge is 0.480 e. The summed E-state index contributed by atoms with van der Waals surface area (Å²) in [5.74, 6) is 0.128. The van der Waals surface area contributed by atoms with Crippen molar-refractivity contribution in [2.75, 3.05) is 5.75 Å². The number of rotatable bonds is 7. The van der Waals surface area contributed by atoms with E-state index in [0.29, 0.717) is 17.5 Å². The first-order valence-corrected chi connectivity index (χ1v) is 8.04. The number of thiophene rings is 1. The first kappa shape index (κ1) is 15.5. The Bertz CT molecular complexity index is 612. The quantitative estimate of drug-likeness (QED) is 0.796. The highest BCUT2D eigenvalue weighted by Crippen LogP contribution is 2.22. The smallest absolute Gasteiger partial charge is 0.327 e. The molecule has 2 aromatic rings. The van der Waals surface area contributed by atoms with Gasteiger partial charge in [-0.05, 0) is 11.4 Å². The molecule has 0 spiro atoms. The van der Waals surface area contributed by atoms with Crippen molar-refractivity contribution in [1.82, 2.24) is 15.5 Å². The number of carboxylic acids is 1. The van der Waals surface area contributed by atoms with Crippen molar-refractivity contribution in [3.63, 3.8) is 0 Å². The predicted molar refractivity (Wildman–Crippen MR) is 79.0 cm³/mol. The van der Waals surface area contributed by atoms with E-state index in [1.54, 1.807) is 0 Å². The van der Waals surface area contributed by atoms with E-state index < -0.39 is 12.0 Å². The van der Waals surface area contributed by atoms with Crippen LogP contribution in [0.15, 0.2) is 22.0 Å². The maximum absolute atomic E-state index is 11.0. The minimum Gasteiger partial charge on any atom is -0.480 e. The van der Waals surface area contributed by atoms with Crippen LogP contribution in [0.25, 0.3) is 10.7 Å². The van der Waals surface area contributed by atoms with Crippen LogP contribution in [-0.2, 0) is 15.3 Å². The first-order valence-electron chi connectivity index (χ1n) is 6.00. The van der Waals surface area contributed by atoms with Gasteiger partial charge in [0, 0.05) is 12.7 Å². The van der Waals surface area contributed by atoms with E-state index in [2.05, 4.69) is 15.5 Å². The number of carbonyl (C=O) groups is 2. The molecule has 7 nitrogen and oxygen atoms in total. The van der Waals surface area contributed by atoms with Crippen LogP contribution in [0.4, 0.5) is 0 Å². The number of nitrogens with zero attached hydrogens (tertiary/aromatic N) is 2.